The molecule has 1 amide bonds. The van der Waals surface area contributed by atoms with E-state index in [1.165, 1.54) is 11.0 Å². The van der Waals surface area contributed by atoms with Gasteiger partial charge in [-0.3, -0.25) is 9.78 Å². The minimum absolute atomic E-state index is 0.213. The van der Waals surface area contributed by atoms with Crippen molar-refractivity contribution < 1.29 is 9.53 Å². The number of benzene rings is 3. The normalized spacial score (nSPS) is 10.8. The molecule has 0 aliphatic heterocycles. The lowest BCUT2D eigenvalue weighted by Gasteiger charge is -2.13. The van der Waals surface area contributed by atoms with Crippen LogP contribution in [0.5, 0.6) is 5.75 Å². The van der Waals surface area contributed by atoms with E-state index in [0.717, 1.165) is 33.2 Å². The number of nitrogens with one attached hydrogen (secondary N) is 1. The van der Waals surface area contributed by atoms with Gasteiger partial charge in [-0.15, -0.1) is 5.10 Å². The van der Waals surface area contributed by atoms with Crippen molar-refractivity contribution in [1.82, 2.24) is 30.5 Å². The molecule has 0 radical (unpaired) electrons. The molecule has 0 unspecified atom stereocenters. The zero-order valence-electron chi connectivity index (χ0n) is 17.8. The molecule has 8 nitrogen and oxygen atoms in total. The van der Waals surface area contributed by atoms with Crippen molar-refractivity contribution in [3.8, 4) is 22.6 Å². The first-order valence-corrected chi connectivity index (χ1v) is 10.4. The summed E-state index contributed by atoms with van der Waals surface area (Å²) in [6.07, 6.45) is 5.06. The van der Waals surface area contributed by atoms with Crippen LogP contribution in [0.3, 0.4) is 0 Å². The van der Waals surface area contributed by atoms with Crippen molar-refractivity contribution in [2.75, 3.05) is 7.11 Å². The summed E-state index contributed by atoms with van der Waals surface area (Å²) in [5, 5.41) is 16.3. The van der Waals surface area contributed by atoms with Gasteiger partial charge in [-0.05, 0) is 62.8 Å². The number of ether oxygens (including phenoxy) is 1. The lowest BCUT2D eigenvalue weighted by atomic mass is 9.96. The molecule has 5 rings (SSSR count). The van der Waals surface area contributed by atoms with E-state index in [2.05, 4.69) is 38.0 Å². The Morgan fingerprint density at radius 1 is 1.03 bits per heavy atom. The van der Waals surface area contributed by atoms with Crippen molar-refractivity contribution >= 4 is 16.7 Å². The standard InChI is InChI=1S/C25H20N6O2/c1-33-19-6-4-5-17(13-19)20-10-9-18(23-15-26-12-11-21(20)23)14-27-25(32)22-7-2-3-8-24(22)31-16-28-29-30-31/h2-13,15-16H,14H2,1H3,(H,27,32). The monoisotopic (exact) mass is 436 g/mol. The van der Waals surface area contributed by atoms with E-state index >= 15 is 0 Å². The molecule has 0 atom stereocenters. The zero-order valence-corrected chi connectivity index (χ0v) is 17.8. The highest BCUT2D eigenvalue weighted by molar-refractivity contribution is 6.00. The number of rotatable bonds is 6. The van der Waals surface area contributed by atoms with E-state index in [1.54, 1.807) is 25.4 Å². The summed E-state index contributed by atoms with van der Waals surface area (Å²) in [5.41, 5.74) is 4.19. The molecule has 33 heavy (non-hydrogen) atoms. The molecule has 162 valence electrons. The highest BCUT2D eigenvalue weighted by Gasteiger charge is 2.14. The summed E-state index contributed by atoms with van der Waals surface area (Å²) < 4.78 is 6.85. The van der Waals surface area contributed by atoms with Crippen LogP contribution < -0.4 is 10.1 Å². The molecule has 0 spiro atoms. The number of fused-ring (bicyclic) bond motifs is 1. The molecule has 1 N–H and O–H groups in total. The van der Waals surface area contributed by atoms with Gasteiger partial charge >= 0.3 is 0 Å². The third kappa shape index (κ3) is 4.01. The van der Waals surface area contributed by atoms with Gasteiger partial charge in [0.2, 0.25) is 0 Å². The van der Waals surface area contributed by atoms with Gasteiger partial charge in [-0.1, -0.05) is 36.4 Å². The number of hydrogen-bond donors (Lipinski definition) is 1. The average Bonchev–Trinajstić information content (AvgIpc) is 3.42. The van der Waals surface area contributed by atoms with Crippen LogP contribution in [0.4, 0.5) is 0 Å². The molecule has 0 saturated heterocycles. The maximum atomic E-state index is 13.0. The van der Waals surface area contributed by atoms with Crippen molar-refractivity contribution in [3.05, 3.63) is 96.6 Å². The molecule has 2 aromatic heterocycles. The molecule has 0 saturated carbocycles. The average molecular weight is 436 g/mol. The molecular weight excluding hydrogens is 416 g/mol. The predicted octanol–water partition coefficient (Wildman–Crippen LogP) is 3.82. The number of carbonyl (C=O) groups is 1. The molecule has 0 aliphatic rings. The fourth-order valence-electron chi connectivity index (χ4n) is 3.85. The van der Waals surface area contributed by atoms with Crippen LogP contribution in [0.1, 0.15) is 15.9 Å². The molecular formula is C25H20N6O2. The van der Waals surface area contributed by atoms with Gasteiger partial charge in [0.25, 0.3) is 5.91 Å². The molecule has 2 heterocycles. The SMILES string of the molecule is COc1cccc(-c2ccc(CNC(=O)c3ccccc3-n3cnnn3)c3cnccc23)c1. The van der Waals surface area contributed by atoms with Crippen molar-refractivity contribution in [3.63, 3.8) is 0 Å². The van der Waals surface area contributed by atoms with Gasteiger partial charge in [-0.2, -0.15) is 4.68 Å². The minimum atomic E-state index is -0.213. The Morgan fingerprint density at radius 2 is 1.94 bits per heavy atom. The van der Waals surface area contributed by atoms with Crippen molar-refractivity contribution in [1.29, 1.82) is 0 Å². The maximum Gasteiger partial charge on any atom is 0.253 e. The minimum Gasteiger partial charge on any atom is -0.497 e. The zero-order chi connectivity index (χ0) is 22.6. The number of carbonyl (C=O) groups excluding carboxylic acids is 1. The van der Waals surface area contributed by atoms with Gasteiger partial charge in [0.05, 0.1) is 18.4 Å². The number of methoxy groups -OCH3 is 1. The fraction of sp³-hybridized carbons (Fsp3) is 0.0800. The Bertz CT molecular complexity index is 1430. The van der Waals surface area contributed by atoms with Crippen molar-refractivity contribution in [2.24, 2.45) is 0 Å². The topological polar surface area (TPSA) is 94.8 Å². The summed E-state index contributed by atoms with van der Waals surface area (Å²) >= 11 is 0. The first-order chi connectivity index (χ1) is 16.2. The lowest BCUT2D eigenvalue weighted by molar-refractivity contribution is 0.0951. The van der Waals surface area contributed by atoms with Crippen LogP contribution in [0, 0.1) is 0 Å². The third-order valence-electron chi connectivity index (χ3n) is 5.47. The third-order valence-corrected chi connectivity index (χ3v) is 5.47. The van der Waals surface area contributed by atoms with Crippen molar-refractivity contribution in [2.45, 2.75) is 6.54 Å². The van der Waals surface area contributed by atoms with E-state index in [9.17, 15) is 4.79 Å². The molecule has 0 fully saturated rings. The molecule has 0 bridgehead atoms. The molecule has 3 aromatic carbocycles. The first-order valence-electron chi connectivity index (χ1n) is 10.4. The first kappa shape index (κ1) is 20.3. The highest BCUT2D eigenvalue weighted by atomic mass is 16.5. The largest absolute Gasteiger partial charge is 0.497 e. The Labute approximate surface area is 189 Å². The Morgan fingerprint density at radius 3 is 2.79 bits per heavy atom. The molecule has 5 aromatic rings. The number of tetrazole rings is 1. The Balaban J connectivity index is 1.45. The predicted molar refractivity (Wildman–Crippen MR) is 124 cm³/mol. The van der Waals surface area contributed by atoms with Crippen LogP contribution >= 0.6 is 0 Å². The summed E-state index contributed by atoms with van der Waals surface area (Å²) in [4.78, 5) is 17.3. The summed E-state index contributed by atoms with van der Waals surface area (Å²) in [5.74, 6) is 0.585. The number of hydrogen-bond acceptors (Lipinski definition) is 6. The smallest absolute Gasteiger partial charge is 0.253 e. The van der Waals surface area contributed by atoms with Gasteiger partial charge in [-0.25, -0.2) is 0 Å². The number of nitrogens with zero attached hydrogens (tertiary/aromatic N) is 5. The summed E-state index contributed by atoms with van der Waals surface area (Å²) in [6.45, 7) is 0.351. The van der Waals surface area contributed by atoms with Crippen LogP contribution in [0.25, 0.3) is 27.6 Å². The summed E-state index contributed by atoms with van der Waals surface area (Å²) in [6, 6.07) is 21.2. The van der Waals surface area contributed by atoms with Gasteiger partial charge in [0.1, 0.15) is 12.1 Å². The second-order valence-corrected chi connectivity index (χ2v) is 7.38. The van der Waals surface area contributed by atoms with Crippen LogP contribution in [-0.2, 0) is 6.54 Å². The quantitative estimate of drug-likeness (QED) is 0.435. The number of aromatic nitrogens is 5. The number of para-hydroxylation sites is 1. The second-order valence-electron chi connectivity index (χ2n) is 7.38. The Kier molecular flexibility index (Phi) is 5.47. The van der Waals surface area contributed by atoms with Crippen LogP contribution in [-0.4, -0.2) is 38.2 Å². The van der Waals surface area contributed by atoms with Crippen LogP contribution in [0.15, 0.2) is 85.5 Å². The van der Waals surface area contributed by atoms with E-state index in [0.29, 0.717) is 17.8 Å². The lowest BCUT2D eigenvalue weighted by Crippen LogP contribution is -2.24. The second kappa shape index (κ2) is 8.88. The van der Waals surface area contributed by atoms with E-state index in [-0.39, 0.29) is 5.91 Å². The number of pyridine rings is 1. The summed E-state index contributed by atoms with van der Waals surface area (Å²) in [7, 11) is 1.66. The van der Waals surface area contributed by atoms with Crippen LogP contribution in [0.2, 0.25) is 0 Å². The Hall–Kier alpha value is -4.59. The van der Waals surface area contributed by atoms with E-state index < -0.39 is 0 Å². The molecule has 8 heteroatoms. The highest BCUT2D eigenvalue weighted by Crippen LogP contribution is 2.32. The van der Waals surface area contributed by atoms with Gasteiger partial charge < -0.3 is 10.1 Å². The van der Waals surface area contributed by atoms with Gasteiger partial charge in [0.15, 0.2) is 0 Å². The van der Waals surface area contributed by atoms with Gasteiger partial charge in [0, 0.05) is 24.3 Å². The van der Waals surface area contributed by atoms with E-state index in [1.807, 2.05) is 48.7 Å². The van der Waals surface area contributed by atoms with E-state index in [4.69, 9.17) is 4.74 Å². The maximum absolute atomic E-state index is 13.0. The fourth-order valence-corrected chi connectivity index (χ4v) is 3.85. The number of amides is 1. The molecule has 0 aliphatic carbocycles.